The lowest BCUT2D eigenvalue weighted by molar-refractivity contribution is -0.0140. The number of rotatable bonds is 7. The van der Waals surface area contributed by atoms with Gasteiger partial charge in [-0.3, -0.25) is 0 Å². The summed E-state index contributed by atoms with van der Waals surface area (Å²) in [6.07, 6.45) is 2.24. The molecule has 3 heteroatoms. The second kappa shape index (κ2) is 6.70. The quantitative estimate of drug-likeness (QED) is 0.717. The minimum atomic E-state index is -2.69. The molecule has 1 nitrogen and oxygen atoms in total. The van der Waals surface area contributed by atoms with Gasteiger partial charge in [0.2, 0.25) is 0 Å². The molecule has 0 aliphatic rings. The summed E-state index contributed by atoms with van der Waals surface area (Å²) in [5, 5.41) is 3.05. The Morgan fingerprint density at radius 3 is 2.71 bits per heavy atom. The van der Waals surface area contributed by atoms with Gasteiger partial charge in [0.25, 0.3) is 5.92 Å². The summed E-state index contributed by atoms with van der Waals surface area (Å²) < 4.78 is 27.4. The molecule has 0 bridgehead atoms. The molecule has 0 saturated carbocycles. The molecule has 96 valence electrons. The molecular weight excluding hydrogens is 220 g/mol. The Labute approximate surface area is 102 Å². The van der Waals surface area contributed by atoms with Gasteiger partial charge in [-0.05, 0) is 38.1 Å². The van der Waals surface area contributed by atoms with Crippen LogP contribution in [0.2, 0.25) is 0 Å². The zero-order chi connectivity index (χ0) is 12.7. The zero-order valence-corrected chi connectivity index (χ0v) is 10.6. The Bertz CT molecular complexity index is 337. The molecule has 0 heterocycles. The van der Waals surface area contributed by atoms with Gasteiger partial charge in [0.1, 0.15) is 0 Å². The van der Waals surface area contributed by atoms with Crippen LogP contribution in [0.25, 0.3) is 0 Å². The number of hydrogen-bond acceptors (Lipinski definition) is 1. The third-order valence-corrected chi connectivity index (χ3v) is 2.81. The van der Waals surface area contributed by atoms with Crippen LogP contribution >= 0.6 is 0 Å². The number of halogens is 2. The molecule has 0 aliphatic heterocycles. The zero-order valence-electron chi connectivity index (χ0n) is 10.6. The van der Waals surface area contributed by atoms with Gasteiger partial charge in [-0.25, -0.2) is 8.78 Å². The van der Waals surface area contributed by atoms with Crippen LogP contribution in [0.3, 0.4) is 0 Å². The summed E-state index contributed by atoms with van der Waals surface area (Å²) in [6.45, 7) is 2.69. The summed E-state index contributed by atoms with van der Waals surface area (Å²) in [6, 6.07) is 6.82. The summed E-state index contributed by atoms with van der Waals surface area (Å²) in [4.78, 5) is 0. The number of hydrogen-bond donors (Lipinski definition) is 1. The van der Waals surface area contributed by atoms with Crippen molar-refractivity contribution >= 4 is 0 Å². The second-order valence-corrected chi connectivity index (χ2v) is 4.36. The Balaban J connectivity index is 2.71. The summed E-state index contributed by atoms with van der Waals surface area (Å²) in [5.41, 5.74) is 1.15. The molecule has 0 aromatic heterocycles. The van der Waals surface area contributed by atoms with E-state index in [0.717, 1.165) is 24.9 Å². The minimum Gasteiger partial charge on any atom is -0.320 e. The highest BCUT2D eigenvalue weighted by Crippen LogP contribution is 2.33. The van der Waals surface area contributed by atoms with Crippen LogP contribution < -0.4 is 5.32 Å². The average molecular weight is 241 g/mol. The smallest absolute Gasteiger partial charge is 0.273 e. The van der Waals surface area contributed by atoms with Crippen molar-refractivity contribution in [1.82, 2.24) is 5.32 Å². The number of benzene rings is 1. The maximum Gasteiger partial charge on any atom is 0.273 e. The van der Waals surface area contributed by atoms with Crippen LogP contribution in [0.1, 0.15) is 37.3 Å². The second-order valence-electron chi connectivity index (χ2n) is 4.36. The van der Waals surface area contributed by atoms with Crippen LogP contribution in [0.5, 0.6) is 0 Å². The molecule has 1 aromatic carbocycles. The van der Waals surface area contributed by atoms with E-state index in [9.17, 15) is 8.78 Å². The van der Waals surface area contributed by atoms with Crippen LogP contribution in [0.4, 0.5) is 8.78 Å². The lowest BCUT2D eigenvalue weighted by Gasteiger charge is -2.16. The van der Waals surface area contributed by atoms with Gasteiger partial charge >= 0.3 is 0 Å². The third-order valence-electron chi connectivity index (χ3n) is 2.81. The first-order valence-corrected chi connectivity index (χ1v) is 6.22. The van der Waals surface area contributed by atoms with Gasteiger partial charge in [0, 0.05) is 12.0 Å². The predicted molar refractivity (Wildman–Crippen MR) is 67.5 cm³/mol. The maximum atomic E-state index is 13.7. The molecule has 0 unspecified atom stereocenters. The average Bonchev–Trinajstić information content (AvgIpc) is 2.30. The van der Waals surface area contributed by atoms with Gasteiger partial charge in [0.05, 0.1) is 0 Å². The topological polar surface area (TPSA) is 12.0 Å². The molecule has 1 N–H and O–H groups in total. The molecule has 1 aromatic rings. The third kappa shape index (κ3) is 4.43. The first-order chi connectivity index (χ1) is 8.10. The fourth-order valence-electron chi connectivity index (χ4n) is 1.88. The first kappa shape index (κ1) is 14.1. The van der Waals surface area contributed by atoms with E-state index in [4.69, 9.17) is 0 Å². The fraction of sp³-hybridized carbons (Fsp3) is 0.571. The van der Waals surface area contributed by atoms with E-state index in [1.807, 2.05) is 13.1 Å². The highest BCUT2D eigenvalue weighted by molar-refractivity contribution is 5.27. The molecule has 0 saturated heterocycles. The lowest BCUT2D eigenvalue weighted by Crippen LogP contribution is -2.13. The highest BCUT2D eigenvalue weighted by atomic mass is 19.3. The number of aryl methyl sites for hydroxylation is 1. The van der Waals surface area contributed by atoms with Crippen molar-refractivity contribution in [3.05, 3.63) is 35.4 Å². The highest BCUT2D eigenvalue weighted by Gasteiger charge is 2.29. The van der Waals surface area contributed by atoms with Crippen LogP contribution in [-0.2, 0) is 12.3 Å². The molecular formula is C14H21F2N. The molecule has 1 rings (SSSR count). The van der Waals surface area contributed by atoms with E-state index >= 15 is 0 Å². The number of alkyl halides is 2. The molecule has 0 spiro atoms. The van der Waals surface area contributed by atoms with E-state index in [-0.39, 0.29) is 12.0 Å². The van der Waals surface area contributed by atoms with Crippen LogP contribution in [-0.4, -0.2) is 13.6 Å². The number of nitrogens with one attached hydrogen (secondary N) is 1. The molecule has 0 amide bonds. The van der Waals surface area contributed by atoms with Crippen molar-refractivity contribution in [3.63, 3.8) is 0 Å². The first-order valence-electron chi connectivity index (χ1n) is 6.22. The minimum absolute atomic E-state index is 0.0764. The van der Waals surface area contributed by atoms with Crippen molar-refractivity contribution in [2.75, 3.05) is 13.6 Å². The van der Waals surface area contributed by atoms with Crippen molar-refractivity contribution < 1.29 is 8.78 Å². The summed E-state index contributed by atoms with van der Waals surface area (Å²) >= 11 is 0. The molecule has 0 radical (unpaired) electrons. The lowest BCUT2D eigenvalue weighted by atomic mass is 10.00. The van der Waals surface area contributed by atoms with Gasteiger partial charge in [-0.2, -0.15) is 0 Å². The summed E-state index contributed by atoms with van der Waals surface area (Å²) in [5.74, 6) is -2.69. The van der Waals surface area contributed by atoms with E-state index < -0.39 is 5.92 Å². The predicted octanol–water partition coefficient (Wildman–Crippen LogP) is 3.73. The molecule has 17 heavy (non-hydrogen) atoms. The van der Waals surface area contributed by atoms with E-state index in [0.29, 0.717) is 6.42 Å². The monoisotopic (exact) mass is 241 g/mol. The van der Waals surface area contributed by atoms with Crippen molar-refractivity contribution in [1.29, 1.82) is 0 Å². The SMILES string of the molecule is CCCC(F)(F)c1cccc(CCCNC)c1. The van der Waals surface area contributed by atoms with Crippen LogP contribution in [0, 0.1) is 0 Å². The standard InChI is InChI=1S/C14H21F2N/c1-3-9-14(15,16)13-8-4-6-12(11-13)7-5-10-17-2/h4,6,8,11,17H,3,5,7,9-10H2,1-2H3. The molecule has 0 fully saturated rings. The Hall–Kier alpha value is -0.960. The Kier molecular flexibility index (Phi) is 5.56. The van der Waals surface area contributed by atoms with Crippen LogP contribution in [0.15, 0.2) is 24.3 Å². The Morgan fingerprint density at radius 1 is 1.29 bits per heavy atom. The fourth-order valence-corrected chi connectivity index (χ4v) is 1.88. The van der Waals surface area contributed by atoms with E-state index in [2.05, 4.69) is 5.32 Å². The molecule has 0 atom stereocenters. The van der Waals surface area contributed by atoms with Crippen molar-refractivity contribution in [2.45, 2.75) is 38.5 Å². The summed E-state index contributed by atoms with van der Waals surface area (Å²) in [7, 11) is 1.89. The van der Waals surface area contributed by atoms with Gasteiger partial charge in [-0.15, -0.1) is 0 Å². The largest absolute Gasteiger partial charge is 0.320 e. The normalized spacial score (nSPS) is 11.8. The van der Waals surface area contributed by atoms with Crippen molar-refractivity contribution in [3.8, 4) is 0 Å². The van der Waals surface area contributed by atoms with E-state index in [1.165, 1.54) is 6.07 Å². The van der Waals surface area contributed by atoms with E-state index in [1.54, 1.807) is 19.1 Å². The van der Waals surface area contributed by atoms with Crippen molar-refractivity contribution in [2.24, 2.45) is 0 Å². The maximum absolute atomic E-state index is 13.7. The van der Waals surface area contributed by atoms with Gasteiger partial charge < -0.3 is 5.32 Å². The Morgan fingerprint density at radius 2 is 2.06 bits per heavy atom. The molecule has 0 aliphatic carbocycles. The van der Waals surface area contributed by atoms with Gasteiger partial charge in [0.15, 0.2) is 0 Å². The van der Waals surface area contributed by atoms with Gasteiger partial charge in [-0.1, -0.05) is 31.5 Å².